The van der Waals surface area contributed by atoms with Crippen molar-refractivity contribution >= 4 is 34.9 Å². The first kappa shape index (κ1) is 28.5. The molecule has 0 bridgehead atoms. The molecule has 218 valence electrons. The van der Waals surface area contributed by atoms with Gasteiger partial charge in [-0.15, -0.1) is 6.58 Å². The SMILES string of the molecule is C=CC1CCC(Cn2c(N(C)C(C)c3ccccn3)nc3nc(C(=N)NC(=O)O)nc(N[C@H](C)C4CCC4)c32)CC1. The lowest BCUT2D eigenvalue weighted by molar-refractivity contribution is 0.200. The van der Waals surface area contributed by atoms with Crippen molar-refractivity contribution < 1.29 is 9.90 Å². The molecule has 0 saturated heterocycles. The van der Waals surface area contributed by atoms with Crippen molar-refractivity contribution in [1.82, 2.24) is 29.8 Å². The van der Waals surface area contributed by atoms with E-state index in [9.17, 15) is 9.90 Å². The third-order valence-electron chi connectivity index (χ3n) is 8.94. The van der Waals surface area contributed by atoms with Crippen molar-refractivity contribution in [2.45, 2.75) is 77.4 Å². The molecule has 2 saturated carbocycles. The zero-order chi connectivity index (χ0) is 29.1. The number of nitrogens with one attached hydrogen (secondary N) is 3. The number of allylic oxidation sites excluding steroid dienone is 1. The average molecular weight is 560 g/mol. The number of hydrogen-bond donors (Lipinski definition) is 4. The molecule has 2 aliphatic carbocycles. The Bertz CT molecular complexity index is 1390. The molecule has 5 rings (SSSR count). The van der Waals surface area contributed by atoms with Crippen molar-refractivity contribution in [3.63, 3.8) is 0 Å². The van der Waals surface area contributed by atoms with Crippen LogP contribution >= 0.6 is 0 Å². The van der Waals surface area contributed by atoms with Crippen LogP contribution < -0.4 is 15.5 Å². The molecule has 11 heteroatoms. The van der Waals surface area contributed by atoms with Crippen LogP contribution in [0.1, 0.15) is 76.4 Å². The van der Waals surface area contributed by atoms with Gasteiger partial charge in [0.25, 0.3) is 0 Å². The predicted molar refractivity (Wildman–Crippen MR) is 160 cm³/mol. The van der Waals surface area contributed by atoms with Crippen LogP contribution in [-0.2, 0) is 6.54 Å². The van der Waals surface area contributed by atoms with E-state index in [0.29, 0.717) is 29.2 Å². The zero-order valence-electron chi connectivity index (χ0n) is 24.2. The molecule has 0 radical (unpaired) electrons. The molecular weight excluding hydrogens is 518 g/mol. The van der Waals surface area contributed by atoms with Gasteiger partial charge in [-0.2, -0.15) is 4.98 Å². The summed E-state index contributed by atoms with van der Waals surface area (Å²) in [5.74, 6) is 2.50. The summed E-state index contributed by atoms with van der Waals surface area (Å²) in [6.07, 6.45) is 10.5. The number of hydrogen-bond acceptors (Lipinski definition) is 8. The van der Waals surface area contributed by atoms with Gasteiger partial charge in [0, 0.05) is 25.8 Å². The third-order valence-corrected chi connectivity index (χ3v) is 8.94. The van der Waals surface area contributed by atoms with Crippen LogP contribution in [0.5, 0.6) is 0 Å². The highest BCUT2D eigenvalue weighted by Crippen LogP contribution is 2.37. The number of rotatable bonds is 10. The number of anilines is 2. The molecule has 41 heavy (non-hydrogen) atoms. The Balaban J connectivity index is 1.61. The summed E-state index contributed by atoms with van der Waals surface area (Å²) in [4.78, 5) is 32.3. The standard InChI is InChI=1S/C30H41N9O2/c1-5-20-12-14-21(15-13-20)17-39-24-26(33-18(2)22-9-8-10-22)35-28(25(31)34-30(40)41)36-27(24)37-29(39)38(4)19(3)23-11-6-7-16-32-23/h5-7,11,16,18-22H,1,8-10,12-15,17H2,2-4H3,(H2,31,34)(H,40,41)(H,33,35,36)/t18-,19?,20?,21?/m1/s1. The smallest absolute Gasteiger partial charge is 0.410 e. The van der Waals surface area contributed by atoms with E-state index in [1.807, 2.05) is 25.2 Å². The first-order chi connectivity index (χ1) is 19.7. The molecule has 3 aromatic heterocycles. The minimum absolute atomic E-state index is 0.00803. The van der Waals surface area contributed by atoms with Gasteiger partial charge < -0.3 is 19.9 Å². The van der Waals surface area contributed by atoms with Crippen molar-refractivity contribution in [1.29, 1.82) is 5.41 Å². The Morgan fingerprint density at radius 1 is 1.20 bits per heavy atom. The lowest BCUT2D eigenvalue weighted by Gasteiger charge is -2.33. The van der Waals surface area contributed by atoms with Crippen molar-refractivity contribution in [2.24, 2.45) is 17.8 Å². The topological polar surface area (TPSA) is 145 Å². The minimum atomic E-state index is -1.33. The van der Waals surface area contributed by atoms with Crippen LogP contribution in [-0.4, -0.2) is 54.6 Å². The normalized spacial score (nSPS) is 20.6. The third kappa shape index (κ3) is 6.18. The fourth-order valence-electron chi connectivity index (χ4n) is 5.97. The monoisotopic (exact) mass is 559 g/mol. The second-order valence-electron chi connectivity index (χ2n) is 11.6. The van der Waals surface area contributed by atoms with E-state index in [1.54, 1.807) is 6.20 Å². The van der Waals surface area contributed by atoms with Gasteiger partial charge in [0.05, 0.1) is 11.7 Å². The van der Waals surface area contributed by atoms with Gasteiger partial charge in [-0.3, -0.25) is 15.7 Å². The lowest BCUT2D eigenvalue weighted by Crippen LogP contribution is -2.33. The highest BCUT2D eigenvalue weighted by atomic mass is 16.4. The number of carbonyl (C=O) groups is 1. The van der Waals surface area contributed by atoms with Crippen molar-refractivity contribution in [2.75, 3.05) is 17.3 Å². The number of amides is 1. The Labute approximate surface area is 241 Å². The molecule has 3 aromatic rings. The number of aromatic nitrogens is 5. The molecule has 2 aliphatic rings. The summed E-state index contributed by atoms with van der Waals surface area (Å²) >= 11 is 0. The first-order valence-electron chi connectivity index (χ1n) is 14.6. The van der Waals surface area contributed by atoms with Crippen LogP contribution in [0.15, 0.2) is 37.1 Å². The summed E-state index contributed by atoms with van der Waals surface area (Å²) in [6.45, 7) is 9.02. The van der Waals surface area contributed by atoms with Gasteiger partial charge >= 0.3 is 6.09 Å². The van der Waals surface area contributed by atoms with Crippen molar-refractivity contribution in [3.8, 4) is 0 Å². The largest absolute Gasteiger partial charge is 0.465 e. The molecular formula is C30H41N9O2. The minimum Gasteiger partial charge on any atom is -0.465 e. The fourth-order valence-corrected chi connectivity index (χ4v) is 5.97. The van der Waals surface area contributed by atoms with Gasteiger partial charge in [-0.1, -0.05) is 18.6 Å². The molecule has 1 amide bonds. The molecule has 0 aromatic carbocycles. The summed E-state index contributed by atoms with van der Waals surface area (Å²) in [5, 5.41) is 23.3. The van der Waals surface area contributed by atoms with E-state index in [4.69, 9.17) is 15.4 Å². The molecule has 1 unspecified atom stereocenters. The Hall–Kier alpha value is -4.02. The van der Waals surface area contributed by atoms with Crippen molar-refractivity contribution in [3.05, 3.63) is 48.6 Å². The summed E-state index contributed by atoms with van der Waals surface area (Å²) in [6, 6.07) is 6.00. The number of amidine groups is 1. The lowest BCUT2D eigenvalue weighted by atomic mass is 9.80. The molecule has 2 fully saturated rings. The van der Waals surface area contributed by atoms with Gasteiger partial charge in [-0.05, 0) is 82.3 Å². The second kappa shape index (κ2) is 12.2. The molecule has 0 spiro atoms. The van der Waals surface area contributed by atoms with Gasteiger partial charge in [-0.25, -0.2) is 14.8 Å². The second-order valence-corrected chi connectivity index (χ2v) is 11.6. The highest BCUT2D eigenvalue weighted by molar-refractivity contribution is 6.03. The maximum absolute atomic E-state index is 11.3. The summed E-state index contributed by atoms with van der Waals surface area (Å²) < 4.78 is 2.22. The molecule has 4 N–H and O–H groups in total. The fraction of sp³-hybridized carbons (Fsp3) is 0.533. The Morgan fingerprint density at radius 2 is 1.95 bits per heavy atom. The number of imidazole rings is 1. The van der Waals surface area contributed by atoms with Crippen LogP contribution in [0.25, 0.3) is 11.2 Å². The van der Waals surface area contributed by atoms with Crippen LogP contribution in [0.2, 0.25) is 0 Å². The number of carboxylic acid groups (broad SMARTS) is 1. The number of nitrogens with zero attached hydrogens (tertiary/aromatic N) is 6. The van der Waals surface area contributed by atoms with E-state index in [2.05, 4.69) is 56.6 Å². The maximum Gasteiger partial charge on any atom is 0.410 e. The zero-order valence-corrected chi connectivity index (χ0v) is 24.2. The summed E-state index contributed by atoms with van der Waals surface area (Å²) in [5.41, 5.74) is 2.14. The van der Waals surface area contributed by atoms with E-state index in [-0.39, 0.29) is 23.7 Å². The number of fused-ring (bicyclic) bond motifs is 1. The predicted octanol–water partition coefficient (Wildman–Crippen LogP) is 5.60. The Morgan fingerprint density at radius 3 is 2.56 bits per heavy atom. The maximum atomic E-state index is 11.3. The molecule has 11 nitrogen and oxygen atoms in total. The first-order valence-corrected chi connectivity index (χ1v) is 14.6. The molecule has 2 atom stereocenters. The van der Waals surface area contributed by atoms with Gasteiger partial charge in [0.2, 0.25) is 5.95 Å². The van der Waals surface area contributed by atoms with E-state index in [0.717, 1.165) is 62.2 Å². The number of pyridine rings is 1. The van der Waals surface area contributed by atoms with Crippen LogP contribution in [0.4, 0.5) is 16.6 Å². The van der Waals surface area contributed by atoms with Crippen LogP contribution in [0.3, 0.4) is 0 Å². The quantitative estimate of drug-likeness (QED) is 0.143. The van der Waals surface area contributed by atoms with Crippen LogP contribution in [0, 0.1) is 23.2 Å². The Kier molecular flexibility index (Phi) is 8.51. The summed E-state index contributed by atoms with van der Waals surface area (Å²) in [7, 11) is 2.01. The van der Waals surface area contributed by atoms with E-state index >= 15 is 0 Å². The van der Waals surface area contributed by atoms with Gasteiger partial charge in [0.1, 0.15) is 5.52 Å². The van der Waals surface area contributed by atoms with E-state index < -0.39 is 6.09 Å². The average Bonchev–Trinajstić information content (AvgIpc) is 3.30. The van der Waals surface area contributed by atoms with Gasteiger partial charge in [0.15, 0.2) is 23.1 Å². The highest BCUT2D eigenvalue weighted by Gasteiger charge is 2.30. The molecule has 0 aliphatic heterocycles. The van der Waals surface area contributed by atoms with E-state index in [1.165, 1.54) is 6.42 Å². The molecule has 3 heterocycles.